The van der Waals surface area contributed by atoms with E-state index in [4.69, 9.17) is 5.73 Å². The first-order valence-electron chi connectivity index (χ1n) is 6.22. The second-order valence-electron chi connectivity index (χ2n) is 4.75. The molecule has 0 spiro atoms. The molecule has 14 heavy (non-hydrogen) atoms. The quantitative estimate of drug-likeness (QED) is 0.750. The van der Waals surface area contributed by atoms with Crippen molar-refractivity contribution in [2.45, 2.75) is 52.0 Å². The minimum absolute atomic E-state index is 0.655. The topological polar surface area (TPSA) is 29.3 Å². The van der Waals surface area contributed by atoms with E-state index >= 15 is 0 Å². The molecule has 0 aromatic carbocycles. The molecule has 2 N–H and O–H groups in total. The lowest BCUT2D eigenvalue weighted by molar-refractivity contribution is 0.171. The van der Waals surface area contributed by atoms with Gasteiger partial charge in [0.05, 0.1) is 0 Å². The zero-order valence-electron chi connectivity index (χ0n) is 9.84. The maximum absolute atomic E-state index is 5.69. The van der Waals surface area contributed by atoms with E-state index in [2.05, 4.69) is 18.7 Å². The molecule has 0 bridgehead atoms. The summed E-state index contributed by atoms with van der Waals surface area (Å²) in [7, 11) is 0. The zero-order chi connectivity index (χ0) is 10.4. The Morgan fingerprint density at radius 1 is 1.36 bits per heavy atom. The molecule has 0 saturated carbocycles. The van der Waals surface area contributed by atoms with Crippen LogP contribution in [0, 0.1) is 5.92 Å². The van der Waals surface area contributed by atoms with Crippen LogP contribution in [0.1, 0.15) is 46.0 Å². The predicted octanol–water partition coefficient (Wildman–Crippen LogP) is 2.24. The minimum atomic E-state index is 0.655. The second kappa shape index (κ2) is 6.41. The first-order valence-corrected chi connectivity index (χ1v) is 6.22. The van der Waals surface area contributed by atoms with Crippen molar-refractivity contribution in [3.63, 3.8) is 0 Å². The van der Waals surface area contributed by atoms with Gasteiger partial charge in [-0.15, -0.1) is 0 Å². The molecule has 84 valence electrons. The van der Waals surface area contributed by atoms with Gasteiger partial charge in [0, 0.05) is 12.6 Å². The van der Waals surface area contributed by atoms with Crippen LogP contribution < -0.4 is 5.73 Å². The average molecular weight is 198 g/mol. The van der Waals surface area contributed by atoms with Crippen LogP contribution in [0.3, 0.4) is 0 Å². The van der Waals surface area contributed by atoms with E-state index in [1.165, 1.54) is 45.2 Å². The summed E-state index contributed by atoms with van der Waals surface area (Å²) in [6.45, 7) is 7.90. The Hall–Kier alpha value is -0.0800. The van der Waals surface area contributed by atoms with Gasteiger partial charge in [-0.05, 0) is 38.3 Å². The van der Waals surface area contributed by atoms with Gasteiger partial charge in [0.25, 0.3) is 0 Å². The zero-order valence-corrected chi connectivity index (χ0v) is 9.84. The molecule has 0 aromatic rings. The molecule has 1 aliphatic heterocycles. The molecule has 1 saturated heterocycles. The number of hydrogen-bond acceptors (Lipinski definition) is 2. The second-order valence-corrected chi connectivity index (χ2v) is 4.75. The molecule has 1 heterocycles. The molecule has 1 rings (SSSR count). The first kappa shape index (κ1) is 12.0. The molecule has 0 radical (unpaired) electrons. The highest BCUT2D eigenvalue weighted by atomic mass is 15.2. The highest BCUT2D eigenvalue weighted by Gasteiger charge is 2.20. The third-order valence-electron chi connectivity index (χ3n) is 3.42. The third-order valence-corrected chi connectivity index (χ3v) is 3.42. The Bertz CT molecular complexity index is 147. The highest BCUT2D eigenvalue weighted by molar-refractivity contribution is 4.75. The number of rotatable bonds is 4. The Kier molecular flexibility index (Phi) is 5.49. The SMILES string of the molecule is CCC1CCCCCN1CC(C)CN. The first-order chi connectivity index (χ1) is 6.77. The van der Waals surface area contributed by atoms with E-state index in [-0.39, 0.29) is 0 Å². The summed E-state index contributed by atoms with van der Waals surface area (Å²) in [6.07, 6.45) is 6.93. The summed E-state index contributed by atoms with van der Waals surface area (Å²) in [5.74, 6) is 0.655. The predicted molar refractivity (Wildman–Crippen MR) is 62.3 cm³/mol. The molecule has 0 amide bonds. The van der Waals surface area contributed by atoms with Crippen LogP contribution in [0.4, 0.5) is 0 Å². The molecule has 2 heteroatoms. The molecule has 0 aliphatic carbocycles. The maximum Gasteiger partial charge on any atom is 0.00927 e. The van der Waals surface area contributed by atoms with Crippen molar-refractivity contribution in [2.24, 2.45) is 11.7 Å². The number of nitrogens with two attached hydrogens (primary N) is 1. The number of nitrogens with zero attached hydrogens (tertiary/aromatic N) is 1. The normalized spacial score (nSPS) is 27.2. The van der Waals surface area contributed by atoms with Crippen molar-refractivity contribution in [1.82, 2.24) is 4.90 Å². The lowest BCUT2D eigenvalue weighted by Crippen LogP contribution is -2.39. The van der Waals surface area contributed by atoms with Gasteiger partial charge >= 0.3 is 0 Å². The van der Waals surface area contributed by atoms with E-state index in [1.807, 2.05) is 0 Å². The van der Waals surface area contributed by atoms with E-state index in [0.717, 1.165) is 12.6 Å². The Morgan fingerprint density at radius 2 is 2.14 bits per heavy atom. The van der Waals surface area contributed by atoms with Crippen LogP contribution in [-0.2, 0) is 0 Å². The van der Waals surface area contributed by atoms with Gasteiger partial charge in [-0.2, -0.15) is 0 Å². The van der Waals surface area contributed by atoms with Crippen LogP contribution in [0.2, 0.25) is 0 Å². The molecule has 1 fully saturated rings. The Labute approximate surface area is 88.8 Å². The van der Waals surface area contributed by atoms with E-state index in [1.54, 1.807) is 0 Å². The van der Waals surface area contributed by atoms with Crippen LogP contribution in [0.5, 0.6) is 0 Å². The molecule has 2 unspecified atom stereocenters. The van der Waals surface area contributed by atoms with E-state index < -0.39 is 0 Å². The van der Waals surface area contributed by atoms with Crippen molar-refractivity contribution in [3.05, 3.63) is 0 Å². The van der Waals surface area contributed by atoms with Gasteiger partial charge in [0.15, 0.2) is 0 Å². The van der Waals surface area contributed by atoms with Gasteiger partial charge in [-0.3, -0.25) is 0 Å². The molecular weight excluding hydrogens is 172 g/mol. The van der Waals surface area contributed by atoms with Crippen molar-refractivity contribution in [3.8, 4) is 0 Å². The van der Waals surface area contributed by atoms with Crippen molar-refractivity contribution in [1.29, 1.82) is 0 Å². The fraction of sp³-hybridized carbons (Fsp3) is 1.00. The van der Waals surface area contributed by atoms with Crippen LogP contribution in [-0.4, -0.2) is 30.6 Å². The Morgan fingerprint density at radius 3 is 2.79 bits per heavy atom. The minimum Gasteiger partial charge on any atom is -0.330 e. The van der Waals surface area contributed by atoms with Gasteiger partial charge in [0.2, 0.25) is 0 Å². The molecule has 2 nitrogen and oxygen atoms in total. The van der Waals surface area contributed by atoms with Crippen LogP contribution >= 0.6 is 0 Å². The van der Waals surface area contributed by atoms with E-state index in [0.29, 0.717) is 5.92 Å². The summed E-state index contributed by atoms with van der Waals surface area (Å²) in [5, 5.41) is 0. The highest BCUT2D eigenvalue weighted by Crippen LogP contribution is 2.19. The molecule has 0 aromatic heterocycles. The van der Waals surface area contributed by atoms with Gasteiger partial charge < -0.3 is 10.6 Å². The number of hydrogen-bond donors (Lipinski definition) is 1. The van der Waals surface area contributed by atoms with Crippen molar-refractivity contribution < 1.29 is 0 Å². The van der Waals surface area contributed by atoms with Gasteiger partial charge in [-0.1, -0.05) is 26.7 Å². The van der Waals surface area contributed by atoms with Gasteiger partial charge in [0.1, 0.15) is 0 Å². The fourth-order valence-corrected chi connectivity index (χ4v) is 2.41. The average Bonchev–Trinajstić information content (AvgIpc) is 2.42. The lowest BCUT2D eigenvalue weighted by Gasteiger charge is -2.31. The maximum atomic E-state index is 5.69. The standard InChI is InChI=1S/C12H26N2/c1-3-12-7-5-4-6-8-14(12)10-11(2)9-13/h11-12H,3-10,13H2,1-2H3. The van der Waals surface area contributed by atoms with E-state index in [9.17, 15) is 0 Å². The smallest absolute Gasteiger partial charge is 0.00927 e. The number of likely N-dealkylation sites (tertiary alicyclic amines) is 1. The van der Waals surface area contributed by atoms with Gasteiger partial charge in [-0.25, -0.2) is 0 Å². The molecular formula is C12H26N2. The third kappa shape index (κ3) is 3.58. The van der Waals surface area contributed by atoms with Crippen molar-refractivity contribution >= 4 is 0 Å². The van der Waals surface area contributed by atoms with Crippen molar-refractivity contribution in [2.75, 3.05) is 19.6 Å². The molecule has 1 aliphatic rings. The Balaban J connectivity index is 2.43. The molecule has 2 atom stereocenters. The van der Waals surface area contributed by atoms with Crippen LogP contribution in [0.25, 0.3) is 0 Å². The van der Waals surface area contributed by atoms with Crippen LogP contribution in [0.15, 0.2) is 0 Å². The summed E-state index contributed by atoms with van der Waals surface area (Å²) in [6, 6.07) is 0.825. The lowest BCUT2D eigenvalue weighted by atomic mass is 10.1. The monoisotopic (exact) mass is 198 g/mol. The largest absolute Gasteiger partial charge is 0.330 e. The summed E-state index contributed by atoms with van der Waals surface area (Å²) in [4.78, 5) is 2.67. The fourth-order valence-electron chi connectivity index (χ4n) is 2.41. The summed E-state index contributed by atoms with van der Waals surface area (Å²) < 4.78 is 0. The summed E-state index contributed by atoms with van der Waals surface area (Å²) in [5.41, 5.74) is 5.69. The summed E-state index contributed by atoms with van der Waals surface area (Å²) >= 11 is 0.